The lowest BCUT2D eigenvalue weighted by Crippen LogP contribution is -2.04. The summed E-state index contributed by atoms with van der Waals surface area (Å²) in [6.45, 7) is 4.34. The summed E-state index contributed by atoms with van der Waals surface area (Å²) in [6, 6.07) is 46.4. The summed E-state index contributed by atoms with van der Waals surface area (Å²) in [4.78, 5) is 27.2. The van der Waals surface area contributed by atoms with E-state index in [4.69, 9.17) is 15.3 Å². The second-order valence-electron chi connectivity index (χ2n) is 11.7. The van der Waals surface area contributed by atoms with Crippen LogP contribution in [0, 0.1) is 13.8 Å². The largest absolute Gasteiger partial charge is 0.465 e. The lowest BCUT2D eigenvalue weighted by molar-refractivity contribution is -0.191. The predicted molar refractivity (Wildman–Crippen MR) is 200 cm³/mol. The van der Waals surface area contributed by atoms with E-state index < -0.39 is 5.97 Å². The summed E-state index contributed by atoms with van der Waals surface area (Å²) >= 11 is 1.89. The molecule has 1 aliphatic carbocycles. The highest BCUT2D eigenvalue weighted by Crippen LogP contribution is 2.37. The Bertz CT molecular complexity index is 2260. The number of methoxy groups -OCH3 is 1. The number of thiophene rings is 1. The zero-order valence-electron chi connectivity index (χ0n) is 27.7. The third-order valence-corrected chi connectivity index (χ3v) is 9.55. The number of benzene rings is 6. The summed E-state index contributed by atoms with van der Waals surface area (Å²) in [7, 11) is 1.33. The van der Waals surface area contributed by atoms with Gasteiger partial charge < -0.3 is 10.5 Å². The topological polar surface area (TPSA) is 86.5 Å². The number of aryl methyl sites for hydroxylation is 2. The van der Waals surface area contributed by atoms with Gasteiger partial charge in [-0.3, -0.25) is 0 Å². The molecule has 8 rings (SSSR count). The van der Waals surface area contributed by atoms with Gasteiger partial charge in [-0.2, -0.15) is 9.59 Å². The van der Waals surface area contributed by atoms with Crippen LogP contribution in [-0.4, -0.2) is 19.2 Å². The van der Waals surface area contributed by atoms with Crippen molar-refractivity contribution in [1.29, 1.82) is 0 Å². The molecule has 2 N–H and O–H groups in total. The van der Waals surface area contributed by atoms with Crippen LogP contribution in [0.25, 0.3) is 31.3 Å². The Labute approximate surface area is 290 Å². The fourth-order valence-corrected chi connectivity index (χ4v) is 7.15. The van der Waals surface area contributed by atoms with Gasteiger partial charge in [0.1, 0.15) is 0 Å². The molecule has 49 heavy (non-hydrogen) atoms. The summed E-state index contributed by atoms with van der Waals surface area (Å²) < 4.78 is 7.26. The molecule has 0 aliphatic heterocycles. The smallest absolute Gasteiger partial charge is 0.373 e. The predicted octanol–water partition coefficient (Wildman–Crippen LogP) is 9.99. The van der Waals surface area contributed by atoms with Crippen molar-refractivity contribution in [2.75, 3.05) is 12.8 Å². The summed E-state index contributed by atoms with van der Waals surface area (Å²) in [5.41, 5.74) is 17.7. The average Bonchev–Trinajstić information content (AvgIpc) is 3.67. The molecular formula is C43H37NO4S. The number of hydrogen-bond acceptors (Lipinski definition) is 6. The second kappa shape index (κ2) is 16.3. The van der Waals surface area contributed by atoms with Crippen molar-refractivity contribution in [1.82, 2.24) is 0 Å². The molecule has 0 saturated carbocycles. The number of carbonyl (C=O) groups is 1. The van der Waals surface area contributed by atoms with Gasteiger partial charge in [0.05, 0.1) is 12.7 Å². The Morgan fingerprint density at radius 2 is 1.37 bits per heavy atom. The zero-order chi connectivity index (χ0) is 34.8. The first-order valence-corrected chi connectivity index (χ1v) is 16.7. The second-order valence-corrected chi connectivity index (χ2v) is 12.8. The monoisotopic (exact) mass is 663 g/mol. The zero-order valence-corrected chi connectivity index (χ0v) is 28.6. The molecule has 1 aromatic heterocycles. The van der Waals surface area contributed by atoms with Crippen LogP contribution in [0.1, 0.15) is 43.7 Å². The van der Waals surface area contributed by atoms with Crippen molar-refractivity contribution >= 4 is 49.3 Å². The molecule has 0 bridgehead atoms. The molecule has 0 atom stereocenters. The Hall–Kier alpha value is -5.81. The van der Waals surface area contributed by atoms with Crippen LogP contribution in [0.15, 0.2) is 133 Å². The van der Waals surface area contributed by atoms with Gasteiger partial charge >= 0.3 is 12.1 Å². The number of ether oxygens (including phenoxy) is 1. The molecule has 1 aliphatic rings. The first-order chi connectivity index (χ1) is 23.8. The quantitative estimate of drug-likeness (QED) is 0.150. The SMILES string of the molecule is COC(=O)c1ccccc1N.Cc1ccc2c(c1)Cc1ccccc1-2.Cc1ccccc1Cc1ccc2c(c1)sc1ccccc12.O=C=O. The molecule has 1 heterocycles. The number of para-hydroxylation sites is 1. The number of rotatable bonds is 3. The molecule has 244 valence electrons. The molecule has 6 aromatic carbocycles. The van der Waals surface area contributed by atoms with Crippen molar-refractivity contribution in [3.8, 4) is 11.1 Å². The molecule has 0 saturated heterocycles. The Morgan fingerprint density at radius 1 is 0.714 bits per heavy atom. The molecule has 6 heteroatoms. The van der Waals surface area contributed by atoms with Crippen molar-refractivity contribution in [3.63, 3.8) is 0 Å². The van der Waals surface area contributed by atoms with Gasteiger partial charge in [0.15, 0.2) is 0 Å². The van der Waals surface area contributed by atoms with E-state index >= 15 is 0 Å². The molecule has 0 unspecified atom stereocenters. The summed E-state index contributed by atoms with van der Waals surface area (Å²) in [5, 5.41) is 2.75. The number of nitrogen functional groups attached to an aromatic ring is 1. The molecule has 0 amide bonds. The van der Waals surface area contributed by atoms with Crippen LogP contribution in [-0.2, 0) is 27.2 Å². The number of nitrogens with two attached hydrogens (primary N) is 1. The third kappa shape index (κ3) is 8.38. The lowest BCUT2D eigenvalue weighted by atomic mass is 10.00. The highest BCUT2D eigenvalue weighted by molar-refractivity contribution is 7.25. The van der Waals surface area contributed by atoms with Crippen LogP contribution in [0.3, 0.4) is 0 Å². The van der Waals surface area contributed by atoms with Crippen LogP contribution in [0.2, 0.25) is 0 Å². The van der Waals surface area contributed by atoms with E-state index in [1.54, 1.807) is 24.3 Å². The minimum Gasteiger partial charge on any atom is -0.465 e. The third-order valence-electron chi connectivity index (χ3n) is 8.41. The van der Waals surface area contributed by atoms with Gasteiger partial charge in [0, 0.05) is 25.9 Å². The molecular weight excluding hydrogens is 627 g/mol. The normalized spacial score (nSPS) is 10.6. The highest BCUT2D eigenvalue weighted by atomic mass is 32.1. The first kappa shape index (κ1) is 34.5. The summed E-state index contributed by atoms with van der Waals surface area (Å²) in [6.07, 6.45) is 2.37. The lowest BCUT2D eigenvalue weighted by Gasteiger charge is -2.05. The van der Waals surface area contributed by atoms with Crippen molar-refractivity contribution in [2.24, 2.45) is 0 Å². The van der Waals surface area contributed by atoms with Crippen molar-refractivity contribution < 1.29 is 19.1 Å². The molecule has 7 aromatic rings. The van der Waals surface area contributed by atoms with Gasteiger partial charge in [-0.05, 0) is 89.9 Å². The van der Waals surface area contributed by atoms with Crippen LogP contribution in [0.4, 0.5) is 5.69 Å². The van der Waals surface area contributed by atoms with Crippen molar-refractivity contribution in [2.45, 2.75) is 26.7 Å². The van der Waals surface area contributed by atoms with E-state index in [1.165, 1.54) is 71.8 Å². The Morgan fingerprint density at radius 3 is 2.14 bits per heavy atom. The average molecular weight is 664 g/mol. The van der Waals surface area contributed by atoms with E-state index in [0.717, 1.165) is 12.8 Å². The van der Waals surface area contributed by atoms with Crippen LogP contribution >= 0.6 is 11.3 Å². The minimum absolute atomic E-state index is 0.250. The van der Waals surface area contributed by atoms with Crippen molar-refractivity contribution in [3.05, 3.63) is 172 Å². The van der Waals surface area contributed by atoms with Gasteiger partial charge in [-0.25, -0.2) is 4.79 Å². The molecule has 0 spiro atoms. The van der Waals surface area contributed by atoms with E-state index in [1.807, 2.05) is 11.3 Å². The molecule has 0 fully saturated rings. The van der Waals surface area contributed by atoms with E-state index in [0.29, 0.717) is 11.3 Å². The van der Waals surface area contributed by atoms with Gasteiger partial charge in [0.25, 0.3) is 0 Å². The number of fused-ring (bicyclic) bond motifs is 6. The van der Waals surface area contributed by atoms with Gasteiger partial charge in [0.2, 0.25) is 0 Å². The fraction of sp³-hybridized carbons (Fsp3) is 0.116. The minimum atomic E-state index is -0.400. The van der Waals surface area contributed by atoms with Crippen LogP contribution < -0.4 is 5.73 Å². The molecule has 0 radical (unpaired) electrons. The number of anilines is 1. The standard InChI is InChI=1S/C20H16S.C14H12.C8H9NO2.CO2/c1-14-6-2-3-7-16(14)12-15-10-11-18-17-8-4-5-9-19(17)21-20(18)13-15;1-10-6-7-14-12(8-10)9-11-4-2-3-5-13(11)14;1-11-8(10)6-4-2-3-5-7(6)9;2-1-3/h2-11,13H,12H2,1H3;2-8H,9H2,1H3;2-5H,9H2,1H3;. The maximum Gasteiger partial charge on any atom is 0.373 e. The number of esters is 1. The number of hydrogen-bond donors (Lipinski definition) is 1. The number of carbonyl (C=O) groups excluding carboxylic acids is 3. The maximum atomic E-state index is 10.9. The highest BCUT2D eigenvalue weighted by Gasteiger charge is 2.16. The Balaban J connectivity index is 0.000000146. The fourth-order valence-electron chi connectivity index (χ4n) is 5.98. The first-order valence-electron chi connectivity index (χ1n) is 15.9. The van der Waals surface area contributed by atoms with Gasteiger partial charge in [-0.1, -0.05) is 115 Å². The Kier molecular flexibility index (Phi) is 11.5. The van der Waals surface area contributed by atoms with E-state index in [9.17, 15) is 4.79 Å². The van der Waals surface area contributed by atoms with E-state index in [-0.39, 0.29) is 6.15 Å². The maximum absolute atomic E-state index is 10.9. The van der Waals surface area contributed by atoms with Crippen LogP contribution in [0.5, 0.6) is 0 Å². The molecule has 5 nitrogen and oxygen atoms in total. The van der Waals surface area contributed by atoms with Gasteiger partial charge in [-0.15, -0.1) is 11.3 Å². The summed E-state index contributed by atoms with van der Waals surface area (Å²) in [5.74, 6) is -0.400. The van der Waals surface area contributed by atoms with E-state index in [2.05, 4.69) is 128 Å².